The average molecular weight is 360 g/mol. The van der Waals surface area contributed by atoms with E-state index in [0.29, 0.717) is 5.75 Å². The molecule has 0 bridgehead atoms. The molecule has 3 rings (SSSR count). The maximum absolute atomic E-state index is 10.9. The highest BCUT2D eigenvalue weighted by Gasteiger charge is 2.09. The van der Waals surface area contributed by atoms with Crippen molar-refractivity contribution in [3.05, 3.63) is 90.1 Å². The normalized spacial score (nSPS) is 10.9. The summed E-state index contributed by atoms with van der Waals surface area (Å²) in [5.41, 5.74) is 6.27. The lowest BCUT2D eigenvalue weighted by Gasteiger charge is -2.12. The number of hydrogen-bond donors (Lipinski definition) is 2. The van der Waals surface area contributed by atoms with Crippen LogP contribution in [0.4, 0.5) is 0 Å². The second kappa shape index (κ2) is 8.29. The Kier molecular flexibility index (Phi) is 5.64. The summed E-state index contributed by atoms with van der Waals surface area (Å²) in [6.45, 7) is 6.46. The van der Waals surface area contributed by atoms with Crippen LogP contribution >= 0.6 is 0 Å². The van der Waals surface area contributed by atoms with Crippen molar-refractivity contribution in [3.63, 3.8) is 0 Å². The van der Waals surface area contributed by atoms with Crippen LogP contribution in [0.25, 0.3) is 16.5 Å². The first-order chi connectivity index (χ1) is 13.1. The number of aryl methyl sites for hydroxylation is 1. The molecule has 2 N–H and O–H groups in total. The van der Waals surface area contributed by atoms with Crippen LogP contribution in [-0.2, 0) is 4.79 Å². The summed E-state index contributed by atoms with van der Waals surface area (Å²) in [5.74, 6) is 0.0680. The molecule has 1 aromatic heterocycles. The number of nitrogens with zero attached hydrogens (tertiary/aromatic N) is 1. The molecule has 0 spiro atoms. The van der Waals surface area contributed by atoms with Gasteiger partial charge < -0.3 is 4.74 Å². The molecule has 5 nitrogen and oxygen atoms in total. The smallest absolute Gasteiger partial charge is 0.267 e. The Hall–Kier alpha value is -3.44. The van der Waals surface area contributed by atoms with Gasteiger partial charge in [-0.3, -0.25) is 15.0 Å². The van der Waals surface area contributed by atoms with Crippen molar-refractivity contribution in [1.82, 2.24) is 10.5 Å². The van der Waals surface area contributed by atoms with Crippen LogP contribution in [0, 0.1) is 6.92 Å². The third kappa shape index (κ3) is 4.40. The zero-order valence-electron chi connectivity index (χ0n) is 15.0. The van der Waals surface area contributed by atoms with Crippen LogP contribution in [0.3, 0.4) is 0 Å². The lowest BCUT2D eigenvalue weighted by molar-refractivity contribution is -0.124. The highest BCUT2D eigenvalue weighted by molar-refractivity contribution is 5.95. The van der Waals surface area contributed by atoms with Gasteiger partial charge in [-0.15, -0.1) is 0 Å². The van der Waals surface area contributed by atoms with Crippen molar-refractivity contribution < 1.29 is 14.7 Å². The van der Waals surface area contributed by atoms with Gasteiger partial charge in [0.15, 0.2) is 0 Å². The molecule has 0 atom stereocenters. The van der Waals surface area contributed by atoms with Crippen molar-refractivity contribution in [2.45, 2.75) is 6.92 Å². The van der Waals surface area contributed by atoms with Gasteiger partial charge in [-0.1, -0.05) is 36.9 Å². The van der Waals surface area contributed by atoms with Gasteiger partial charge in [0.1, 0.15) is 12.4 Å². The number of amides is 1. The largest absolute Gasteiger partial charge is 0.490 e. The summed E-state index contributed by atoms with van der Waals surface area (Å²) >= 11 is 0. The quantitative estimate of drug-likeness (QED) is 0.395. The second-order valence-corrected chi connectivity index (χ2v) is 6.02. The molecule has 0 aliphatic heterocycles. The Morgan fingerprint density at radius 3 is 2.85 bits per heavy atom. The van der Waals surface area contributed by atoms with E-state index >= 15 is 0 Å². The predicted molar refractivity (Wildman–Crippen MR) is 106 cm³/mol. The van der Waals surface area contributed by atoms with E-state index < -0.39 is 5.91 Å². The third-order valence-electron chi connectivity index (χ3n) is 4.08. The van der Waals surface area contributed by atoms with Crippen molar-refractivity contribution in [2.24, 2.45) is 0 Å². The second-order valence-electron chi connectivity index (χ2n) is 6.02. The van der Waals surface area contributed by atoms with Crippen LogP contribution < -0.4 is 10.2 Å². The van der Waals surface area contributed by atoms with E-state index in [1.165, 1.54) is 17.6 Å². The maximum Gasteiger partial charge on any atom is 0.267 e. The van der Waals surface area contributed by atoms with E-state index in [0.717, 1.165) is 33.3 Å². The van der Waals surface area contributed by atoms with E-state index in [9.17, 15) is 4.79 Å². The van der Waals surface area contributed by atoms with Gasteiger partial charge in [0.25, 0.3) is 5.91 Å². The number of fused-ring (bicyclic) bond motifs is 1. The van der Waals surface area contributed by atoms with E-state index in [4.69, 9.17) is 9.94 Å². The fraction of sp³-hybridized carbons (Fsp3) is 0.0909. The van der Waals surface area contributed by atoms with Crippen LogP contribution in [-0.4, -0.2) is 22.7 Å². The number of ether oxygens (including phenoxy) is 1. The molecule has 0 aliphatic carbocycles. The van der Waals surface area contributed by atoms with Crippen LogP contribution in [0.1, 0.15) is 16.8 Å². The topological polar surface area (TPSA) is 71.5 Å². The first-order valence-corrected chi connectivity index (χ1v) is 8.48. The molecule has 0 saturated carbocycles. The molecule has 27 heavy (non-hydrogen) atoms. The number of nitrogens with one attached hydrogen (secondary N) is 1. The molecule has 2 aromatic carbocycles. The number of hydrogen-bond acceptors (Lipinski definition) is 4. The predicted octanol–water partition coefficient (Wildman–Crippen LogP) is 4.05. The van der Waals surface area contributed by atoms with Crippen molar-refractivity contribution in [3.8, 4) is 5.75 Å². The van der Waals surface area contributed by atoms with Gasteiger partial charge >= 0.3 is 0 Å². The first kappa shape index (κ1) is 18.4. The standard InChI is InChI=1S/C22H20N2O3/c1-15-13-20(19-9-3-4-10-21(19)23-15)16(2)17-7-5-8-18(14-17)27-12-6-11-22(25)24-26/h3-11,13-14,26H,2,12H2,1H3,(H,24,25)/b11-6+. The van der Waals surface area contributed by atoms with Crippen molar-refractivity contribution >= 4 is 22.4 Å². The molecule has 0 fully saturated rings. The van der Waals surface area contributed by atoms with Gasteiger partial charge in [-0.2, -0.15) is 0 Å². The summed E-state index contributed by atoms with van der Waals surface area (Å²) in [7, 11) is 0. The minimum Gasteiger partial charge on any atom is -0.490 e. The molecule has 0 radical (unpaired) electrons. The molecule has 0 unspecified atom stereocenters. The van der Waals surface area contributed by atoms with Crippen LogP contribution in [0.15, 0.2) is 73.3 Å². The number of benzene rings is 2. The van der Waals surface area contributed by atoms with Crippen molar-refractivity contribution in [2.75, 3.05) is 6.61 Å². The summed E-state index contributed by atoms with van der Waals surface area (Å²) in [4.78, 5) is 15.5. The SMILES string of the molecule is C=C(c1cccc(OC/C=C/C(=O)NO)c1)c1cc(C)nc2ccccc12. The Labute approximate surface area is 157 Å². The highest BCUT2D eigenvalue weighted by Crippen LogP contribution is 2.30. The number of carbonyl (C=O) groups is 1. The van der Waals surface area contributed by atoms with E-state index in [-0.39, 0.29) is 6.61 Å². The number of carbonyl (C=O) groups excluding carboxylic acids is 1. The minimum absolute atomic E-state index is 0.209. The molecule has 136 valence electrons. The lowest BCUT2D eigenvalue weighted by Crippen LogP contribution is -2.15. The summed E-state index contributed by atoms with van der Waals surface area (Å²) in [5, 5.41) is 9.50. The van der Waals surface area contributed by atoms with E-state index in [2.05, 4.69) is 11.6 Å². The number of rotatable bonds is 6. The van der Waals surface area contributed by atoms with E-state index in [1.54, 1.807) is 0 Å². The van der Waals surface area contributed by atoms with Gasteiger partial charge in [0.05, 0.1) is 5.52 Å². The molecule has 1 heterocycles. The van der Waals surface area contributed by atoms with E-state index in [1.807, 2.05) is 61.5 Å². The molecule has 0 aliphatic rings. The molecule has 1 amide bonds. The Bertz CT molecular complexity index is 1020. The highest BCUT2D eigenvalue weighted by atomic mass is 16.5. The van der Waals surface area contributed by atoms with Gasteiger partial charge in [0, 0.05) is 17.2 Å². The average Bonchev–Trinajstić information content (AvgIpc) is 2.70. The Balaban J connectivity index is 1.84. The summed E-state index contributed by atoms with van der Waals surface area (Å²) in [6.07, 6.45) is 2.72. The lowest BCUT2D eigenvalue weighted by atomic mass is 9.95. The summed E-state index contributed by atoms with van der Waals surface area (Å²) in [6, 6.07) is 17.7. The Morgan fingerprint density at radius 2 is 2.04 bits per heavy atom. The zero-order valence-corrected chi connectivity index (χ0v) is 15.0. The van der Waals surface area contributed by atoms with Crippen molar-refractivity contribution in [1.29, 1.82) is 0 Å². The maximum atomic E-state index is 10.9. The number of para-hydroxylation sites is 1. The fourth-order valence-corrected chi connectivity index (χ4v) is 2.82. The molecule has 0 saturated heterocycles. The Morgan fingerprint density at radius 1 is 1.22 bits per heavy atom. The zero-order chi connectivity index (χ0) is 19.2. The monoisotopic (exact) mass is 360 g/mol. The van der Waals surface area contributed by atoms with Gasteiger partial charge in [-0.25, -0.2) is 5.48 Å². The molecule has 3 aromatic rings. The van der Waals surface area contributed by atoms with Gasteiger partial charge in [-0.05, 0) is 54.0 Å². The number of aromatic nitrogens is 1. The number of hydroxylamine groups is 1. The number of pyridine rings is 1. The first-order valence-electron chi connectivity index (χ1n) is 8.48. The minimum atomic E-state index is -0.597. The van der Waals surface area contributed by atoms with Crippen LogP contribution in [0.2, 0.25) is 0 Å². The van der Waals surface area contributed by atoms with Crippen LogP contribution in [0.5, 0.6) is 5.75 Å². The van der Waals surface area contributed by atoms with Gasteiger partial charge in [0.2, 0.25) is 0 Å². The summed E-state index contributed by atoms with van der Waals surface area (Å²) < 4.78 is 5.64. The molecule has 5 heteroatoms. The molecular formula is C22H20N2O3. The fourth-order valence-electron chi connectivity index (χ4n) is 2.82. The third-order valence-corrected chi connectivity index (χ3v) is 4.08. The molecular weight excluding hydrogens is 340 g/mol.